The van der Waals surface area contributed by atoms with Gasteiger partial charge in [0.2, 0.25) is 11.3 Å². The van der Waals surface area contributed by atoms with E-state index in [2.05, 4.69) is 17.6 Å². The summed E-state index contributed by atoms with van der Waals surface area (Å²) < 4.78 is 36.0. The van der Waals surface area contributed by atoms with Crippen LogP contribution < -0.4 is 25.7 Å². The van der Waals surface area contributed by atoms with Crippen LogP contribution in [0.2, 0.25) is 0 Å². The van der Waals surface area contributed by atoms with Crippen molar-refractivity contribution in [3.63, 3.8) is 0 Å². The van der Waals surface area contributed by atoms with Gasteiger partial charge in [0.1, 0.15) is 35.0 Å². The topological polar surface area (TPSA) is 155 Å². The highest BCUT2D eigenvalue weighted by molar-refractivity contribution is 7.99. The first-order chi connectivity index (χ1) is 26.4. The number of likely N-dealkylation sites (tertiary alicyclic amines) is 1. The number of ether oxygens (including phenoxy) is 3. The smallest absolute Gasteiger partial charge is 0.344 e. The molecule has 1 saturated carbocycles. The zero-order chi connectivity index (χ0) is 39.3. The van der Waals surface area contributed by atoms with Gasteiger partial charge in [-0.3, -0.25) is 14.5 Å². The van der Waals surface area contributed by atoms with E-state index < -0.39 is 58.5 Å². The summed E-state index contributed by atoms with van der Waals surface area (Å²) in [5.41, 5.74) is -1.34. The number of likely N-dealkylation sites (N-methyl/N-ethyl adjacent to an activating group) is 1. The Morgan fingerprint density at radius 1 is 1.20 bits per heavy atom. The lowest BCUT2D eigenvalue weighted by atomic mass is 9.92. The average molecular weight is 808 g/mol. The Balaban J connectivity index is 1.13. The number of rotatable bonds is 12. The van der Waals surface area contributed by atoms with E-state index in [1.807, 2.05) is 21.4 Å². The number of nitrogens with zero attached hydrogens (tertiary/aromatic N) is 3. The molecule has 1 aliphatic carbocycles. The Morgan fingerprint density at radius 2 is 1.96 bits per heavy atom. The van der Waals surface area contributed by atoms with Crippen molar-refractivity contribution in [1.29, 1.82) is 0 Å². The number of aliphatic hydroxyl groups is 2. The fraction of sp³-hybridized carbons (Fsp3) is 0.718. The molecule has 4 saturated heterocycles. The van der Waals surface area contributed by atoms with Gasteiger partial charge in [-0.25, -0.2) is 9.18 Å². The second-order valence-electron chi connectivity index (χ2n) is 16.1. The van der Waals surface area contributed by atoms with Crippen molar-refractivity contribution in [3.05, 3.63) is 33.9 Å². The van der Waals surface area contributed by atoms with Crippen LogP contribution >= 0.6 is 23.4 Å². The number of thioether (sulfide) groups is 1. The van der Waals surface area contributed by atoms with Crippen molar-refractivity contribution in [3.8, 4) is 5.75 Å². The largest absolute Gasteiger partial charge is 0.492 e. The third kappa shape index (κ3) is 7.83. The lowest BCUT2D eigenvalue weighted by Gasteiger charge is -2.45. The molecule has 11 atom stereocenters. The number of carbonyl (C=O) groups excluding carboxylic acids is 2. The molecular formula is C39H55ClFN5O8S. The van der Waals surface area contributed by atoms with E-state index in [0.717, 1.165) is 63.4 Å². The number of amides is 1. The number of benzene rings is 1. The molecule has 304 valence electrons. The second kappa shape index (κ2) is 16.7. The highest BCUT2D eigenvalue weighted by atomic mass is 35.5. The monoisotopic (exact) mass is 807 g/mol. The van der Waals surface area contributed by atoms with Crippen LogP contribution in [0.4, 0.5) is 10.1 Å². The summed E-state index contributed by atoms with van der Waals surface area (Å²) in [7, 11) is 3.37. The van der Waals surface area contributed by atoms with Crippen molar-refractivity contribution in [2.75, 3.05) is 51.5 Å². The van der Waals surface area contributed by atoms with E-state index in [-0.39, 0.29) is 40.7 Å². The van der Waals surface area contributed by atoms with Crippen LogP contribution in [-0.4, -0.2) is 132 Å². The minimum Gasteiger partial charge on any atom is -0.492 e. The Bertz CT molecular complexity index is 1800. The number of anilines is 1. The minimum absolute atomic E-state index is 0.0141. The molecule has 13 nitrogen and oxygen atoms in total. The summed E-state index contributed by atoms with van der Waals surface area (Å²) in [5, 5.41) is 28.7. The maximum Gasteiger partial charge on any atom is 0.344 e. The number of piperidine rings is 1. The molecule has 55 heavy (non-hydrogen) atoms. The molecule has 1 amide bonds. The van der Waals surface area contributed by atoms with Crippen LogP contribution in [0, 0.1) is 17.7 Å². The zero-order valence-corrected chi connectivity index (χ0v) is 33.8. The molecule has 5 aliphatic rings. The van der Waals surface area contributed by atoms with E-state index in [1.54, 1.807) is 13.2 Å². The average Bonchev–Trinajstić information content (AvgIpc) is 3.81. The number of carbonyl (C=O) groups is 2. The van der Waals surface area contributed by atoms with Gasteiger partial charge in [0, 0.05) is 37.9 Å². The number of nitrogens with one attached hydrogen (secondary N) is 2. The first-order valence-electron chi connectivity index (χ1n) is 19.7. The van der Waals surface area contributed by atoms with Gasteiger partial charge in [-0.15, -0.1) is 23.4 Å². The number of hydrogen-bond donors (Lipinski definition) is 4. The molecule has 5 heterocycles. The van der Waals surface area contributed by atoms with Gasteiger partial charge in [-0.1, -0.05) is 13.3 Å². The van der Waals surface area contributed by atoms with Gasteiger partial charge in [0.25, 0.3) is 0 Å². The van der Waals surface area contributed by atoms with Crippen molar-refractivity contribution >= 4 is 51.8 Å². The van der Waals surface area contributed by atoms with Crippen LogP contribution in [0.3, 0.4) is 0 Å². The molecule has 16 heteroatoms. The van der Waals surface area contributed by atoms with Crippen molar-refractivity contribution in [1.82, 2.24) is 20.1 Å². The number of pyridine rings is 1. The summed E-state index contributed by atoms with van der Waals surface area (Å²) in [6, 6.07) is 0.141. The molecule has 5 fully saturated rings. The van der Waals surface area contributed by atoms with Crippen LogP contribution in [0.1, 0.15) is 75.2 Å². The molecule has 7 rings (SSSR count). The molecule has 4 aliphatic heterocycles. The molecule has 2 aromatic rings. The normalized spacial score (nSPS) is 32.3. The van der Waals surface area contributed by atoms with Crippen molar-refractivity contribution in [2.24, 2.45) is 11.8 Å². The lowest BCUT2D eigenvalue weighted by molar-refractivity contribution is -0.205. The summed E-state index contributed by atoms with van der Waals surface area (Å²) in [6.07, 6.45) is 3.82. The molecule has 0 bridgehead atoms. The molecule has 1 aromatic carbocycles. The number of fused-ring (bicyclic) bond motifs is 2. The SMILES string of the molecule is CCCC1CC(C(=O)N[C@H](C(C)Cl)C2OC(SC)C(OC(=O)c3cn(C4CC4)c4c(OC)c(N5CC6CCCNC6C5)c(F)cc4c3=O)C(O)C2O)N(C)C1. The Labute approximate surface area is 330 Å². The fourth-order valence-electron chi connectivity index (χ4n) is 9.36. The zero-order valence-electron chi connectivity index (χ0n) is 32.2. The maximum atomic E-state index is 16.2. The molecule has 4 N–H and O–H groups in total. The molecule has 0 spiro atoms. The third-order valence-electron chi connectivity index (χ3n) is 12.3. The number of aliphatic hydroxyl groups excluding tert-OH is 2. The number of aromatic nitrogens is 1. The third-order valence-corrected chi connectivity index (χ3v) is 13.4. The highest BCUT2D eigenvalue weighted by Gasteiger charge is 2.51. The van der Waals surface area contributed by atoms with Gasteiger partial charge in [-0.2, -0.15) is 0 Å². The summed E-state index contributed by atoms with van der Waals surface area (Å²) in [6.45, 7) is 6.81. The van der Waals surface area contributed by atoms with Crippen LogP contribution in [0.5, 0.6) is 5.75 Å². The predicted molar refractivity (Wildman–Crippen MR) is 210 cm³/mol. The molecule has 1 aromatic heterocycles. The van der Waals surface area contributed by atoms with E-state index in [0.29, 0.717) is 42.6 Å². The number of esters is 1. The summed E-state index contributed by atoms with van der Waals surface area (Å²) >= 11 is 7.73. The number of methoxy groups -OCH3 is 1. The van der Waals surface area contributed by atoms with Crippen LogP contribution in [0.25, 0.3) is 10.9 Å². The van der Waals surface area contributed by atoms with Crippen LogP contribution in [0.15, 0.2) is 17.1 Å². The summed E-state index contributed by atoms with van der Waals surface area (Å²) in [4.78, 5) is 45.6. The van der Waals surface area contributed by atoms with Crippen molar-refractivity contribution in [2.45, 2.75) is 118 Å². The van der Waals surface area contributed by atoms with E-state index in [4.69, 9.17) is 25.8 Å². The Hall–Kier alpha value is -2.66. The quantitative estimate of drug-likeness (QED) is 0.184. The number of alkyl halides is 1. The predicted octanol–water partition coefficient (Wildman–Crippen LogP) is 3.24. The molecule has 10 unspecified atom stereocenters. The van der Waals surface area contributed by atoms with Gasteiger partial charge >= 0.3 is 5.97 Å². The van der Waals surface area contributed by atoms with E-state index in [9.17, 15) is 24.6 Å². The molecule has 0 radical (unpaired) electrons. The van der Waals surface area contributed by atoms with Gasteiger partial charge < -0.3 is 44.5 Å². The van der Waals surface area contributed by atoms with Gasteiger partial charge in [-0.05, 0) is 83.2 Å². The maximum absolute atomic E-state index is 16.2. The second-order valence-corrected chi connectivity index (χ2v) is 17.8. The number of halogens is 2. The highest BCUT2D eigenvalue weighted by Crippen LogP contribution is 2.45. The molecular weight excluding hydrogens is 753 g/mol. The van der Waals surface area contributed by atoms with Crippen LogP contribution in [-0.2, 0) is 14.3 Å². The lowest BCUT2D eigenvalue weighted by Crippen LogP contribution is -2.65. The van der Waals surface area contributed by atoms with E-state index >= 15 is 4.39 Å². The minimum atomic E-state index is -1.65. The first kappa shape index (κ1) is 40.5. The van der Waals surface area contributed by atoms with Crippen molar-refractivity contribution < 1.29 is 38.4 Å². The standard InChI is InChI=1S/C39H55ClFN5O8S/c1-6-8-20-13-27(44(3)15-20)37(50)43-28(19(2)40)34-32(48)33(49)36(39(54-34)55-5)53-38(51)24-17-46(22-10-11-22)29-23(31(24)47)14-25(41)30(35(29)52-4)45-16-21-9-7-12-42-26(21)18-45/h14,17,19-22,26-28,32-34,36,39,42,48-49H,6-13,15-16,18H2,1-5H3,(H,43,50)/t19?,20?,21?,26?,27?,28-,32?,33?,34?,36?,39?/m1/s1. The van der Waals surface area contributed by atoms with E-state index in [1.165, 1.54) is 19.4 Å². The Kier molecular flexibility index (Phi) is 12.3. The summed E-state index contributed by atoms with van der Waals surface area (Å²) in [5.74, 6) is -0.860. The fourth-order valence-corrected chi connectivity index (χ4v) is 10.3. The van der Waals surface area contributed by atoms with Gasteiger partial charge in [0.15, 0.2) is 17.7 Å². The number of hydrogen-bond acceptors (Lipinski definition) is 12. The first-order valence-corrected chi connectivity index (χ1v) is 21.4. The Morgan fingerprint density at radius 3 is 2.62 bits per heavy atom. The van der Waals surface area contributed by atoms with Gasteiger partial charge in [0.05, 0.1) is 35.5 Å².